The van der Waals surface area contributed by atoms with Gasteiger partial charge in [-0.3, -0.25) is 4.90 Å². The van der Waals surface area contributed by atoms with E-state index < -0.39 is 0 Å². The van der Waals surface area contributed by atoms with Crippen LogP contribution in [0.4, 0.5) is 0 Å². The highest BCUT2D eigenvalue weighted by molar-refractivity contribution is 5.57. The second-order valence-electron chi connectivity index (χ2n) is 3.40. The first-order valence-electron chi connectivity index (χ1n) is 4.51. The summed E-state index contributed by atoms with van der Waals surface area (Å²) in [5.74, 6) is 0. The van der Waals surface area contributed by atoms with Crippen LogP contribution in [-0.4, -0.2) is 30.0 Å². The summed E-state index contributed by atoms with van der Waals surface area (Å²) in [7, 11) is 0. The van der Waals surface area contributed by atoms with Gasteiger partial charge in [0.2, 0.25) is 0 Å². The predicted molar refractivity (Wildman–Crippen MR) is 48.9 cm³/mol. The monoisotopic (exact) mass is 164 g/mol. The topological polar surface area (TPSA) is 27.6 Å². The molecule has 0 aromatic carbocycles. The largest absolute Gasteiger partial charge is 0.348 e. The molecular formula is C9H14N3. The molecule has 2 unspecified atom stereocenters. The highest BCUT2D eigenvalue weighted by Crippen LogP contribution is 2.19. The number of nitrogens with zero attached hydrogens (tertiary/aromatic N) is 2. The molecular weight excluding hydrogens is 150 g/mol. The van der Waals surface area contributed by atoms with Gasteiger partial charge in [-0.2, -0.15) is 0 Å². The molecule has 0 amide bonds. The van der Waals surface area contributed by atoms with E-state index in [-0.39, 0.29) is 0 Å². The molecule has 1 N–H and O–H groups in total. The van der Waals surface area contributed by atoms with Crippen LogP contribution in [0, 0.1) is 0 Å². The molecule has 2 rings (SSSR count). The van der Waals surface area contributed by atoms with Crippen molar-refractivity contribution in [1.29, 1.82) is 0 Å². The van der Waals surface area contributed by atoms with Crippen LogP contribution in [0.1, 0.15) is 19.8 Å². The third-order valence-electron chi connectivity index (χ3n) is 2.58. The number of likely N-dealkylation sites (tertiary alicyclic amines) is 1. The van der Waals surface area contributed by atoms with E-state index in [9.17, 15) is 0 Å². The first-order valence-corrected chi connectivity index (χ1v) is 4.51. The lowest BCUT2D eigenvalue weighted by Crippen LogP contribution is -2.46. The van der Waals surface area contributed by atoms with Crippen molar-refractivity contribution in [2.75, 3.05) is 6.54 Å². The van der Waals surface area contributed by atoms with Crippen LogP contribution in [-0.2, 0) is 0 Å². The van der Waals surface area contributed by atoms with Gasteiger partial charge in [-0.25, -0.2) is 4.99 Å². The molecule has 3 heteroatoms. The Bertz CT molecular complexity index is 210. The molecule has 1 radical (unpaired) electrons. The fourth-order valence-electron chi connectivity index (χ4n) is 1.88. The summed E-state index contributed by atoms with van der Waals surface area (Å²) >= 11 is 0. The fourth-order valence-corrected chi connectivity index (χ4v) is 1.88. The van der Waals surface area contributed by atoms with E-state index in [1.165, 1.54) is 19.4 Å². The van der Waals surface area contributed by atoms with Gasteiger partial charge >= 0.3 is 0 Å². The van der Waals surface area contributed by atoms with Gasteiger partial charge in [0.1, 0.15) is 6.17 Å². The maximum absolute atomic E-state index is 3.86. The van der Waals surface area contributed by atoms with Gasteiger partial charge in [0.15, 0.2) is 6.34 Å². The van der Waals surface area contributed by atoms with Gasteiger partial charge < -0.3 is 5.32 Å². The van der Waals surface area contributed by atoms with Crippen molar-refractivity contribution in [2.24, 2.45) is 4.99 Å². The molecule has 2 aliphatic rings. The smallest absolute Gasteiger partial charge is 0.170 e. The zero-order valence-corrected chi connectivity index (χ0v) is 7.33. The van der Waals surface area contributed by atoms with Crippen molar-refractivity contribution in [3.05, 3.63) is 12.3 Å². The number of rotatable bonds is 1. The predicted octanol–water partition coefficient (Wildman–Crippen LogP) is 0.819. The zero-order chi connectivity index (χ0) is 8.39. The highest BCUT2D eigenvalue weighted by atomic mass is 15.3. The molecule has 1 saturated heterocycles. The Balaban J connectivity index is 1.99. The van der Waals surface area contributed by atoms with Crippen LogP contribution < -0.4 is 5.32 Å². The highest BCUT2D eigenvalue weighted by Gasteiger charge is 2.26. The van der Waals surface area contributed by atoms with E-state index in [1.54, 1.807) is 0 Å². The molecule has 0 spiro atoms. The number of hydrogen-bond acceptors (Lipinski definition) is 3. The standard InChI is InChI=1S/C9H14N3/c1-8-3-2-6-12(8)9-4-5-10-7-11-9/h4-5,8-9H,2-3,6H2,1H3,(H,10,11). The lowest BCUT2D eigenvalue weighted by Gasteiger charge is -2.29. The van der Waals surface area contributed by atoms with Crippen LogP contribution >= 0.6 is 0 Å². The van der Waals surface area contributed by atoms with Crippen molar-refractivity contribution in [1.82, 2.24) is 10.2 Å². The summed E-state index contributed by atoms with van der Waals surface area (Å²) in [4.78, 5) is 6.30. The summed E-state index contributed by atoms with van der Waals surface area (Å²) in [6, 6.07) is 0.687. The zero-order valence-electron chi connectivity index (χ0n) is 7.33. The molecule has 2 aliphatic heterocycles. The van der Waals surface area contributed by atoms with Gasteiger partial charge in [0, 0.05) is 18.8 Å². The van der Waals surface area contributed by atoms with Crippen molar-refractivity contribution >= 4 is 6.34 Å². The van der Waals surface area contributed by atoms with Gasteiger partial charge in [0.05, 0.1) is 0 Å². The summed E-state index contributed by atoms with van der Waals surface area (Å²) in [6.07, 6.45) is 9.61. The van der Waals surface area contributed by atoms with E-state index >= 15 is 0 Å². The normalized spacial score (nSPS) is 35.4. The molecule has 0 aromatic rings. The van der Waals surface area contributed by atoms with Crippen LogP contribution in [0.2, 0.25) is 0 Å². The fraction of sp³-hybridized carbons (Fsp3) is 0.667. The quantitative estimate of drug-likeness (QED) is 0.621. The van der Waals surface area contributed by atoms with Crippen molar-refractivity contribution in [2.45, 2.75) is 32.0 Å². The summed E-state index contributed by atoms with van der Waals surface area (Å²) < 4.78 is 0. The lowest BCUT2D eigenvalue weighted by atomic mass is 10.2. The SMILES string of the molecule is CC1CCCN1C1C=CN=[C]N1. The molecule has 12 heavy (non-hydrogen) atoms. The maximum atomic E-state index is 3.86. The molecule has 0 aromatic heterocycles. The molecule has 0 aliphatic carbocycles. The van der Waals surface area contributed by atoms with E-state index in [0.717, 1.165) is 0 Å². The summed E-state index contributed by atoms with van der Waals surface area (Å²) in [5.41, 5.74) is 0. The van der Waals surface area contributed by atoms with Crippen LogP contribution in [0.3, 0.4) is 0 Å². The van der Waals surface area contributed by atoms with E-state index in [2.05, 4.69) is 34.5 Å². The molecule has 3 nitrogen and oxygen atoms in total. The minimum atomic E-state index is 0.319. The first-order chi connectivity index (χ1) is 5.88. The van der Waals surface area contributed by atoms with E-state index in [0.29, 0.717) is 12.2 Å². The van der Waals surface area contributed by atoms with Crippen molar-refractivity contribution in [3.63, 3.8) is 0 Å². The average Bonchev–Trinajstić information content (AvgIpc) is 2.53. The lowest BCUT2D eigenvalue weighted by molar-refractivity contribution is 0.211. The third-order valence-corrected chi connectivity index (χ3v) is 2.58. The number of aliphatic imine (C=N–C) groups is 1. The van der Waals surface area contributed by atoms with E-state index in [1.807, 2.05) is 6.20 Å². The Labute approximate surface area is 73.2 Å². The summed E-state index contributed by atoms with van der Waals surface area (Å²) in [6.45, 7) is 3.46. The Morgan fingerprint density at radius 3 is 3.17 bits per heavy atom. The number of hydrogen-bond donors (Lipinski definition) is 1. The van der Waals surface area contributed by atoms with Gasteiger partial charge in [-0.05, 0) is 25.8 Å². The molecule has 65 valence electrons. The summed E-state index contributed by atoms with van der Waals surface area (Å²) in [5, 5.41) is 3.11. The van der Waals surface area contributed by atoms with Crippen molar-refractivity contribution < 1.29 is 0 Å². The Kier molecular flexibility index (Phi) is 2.13. The Morgan fingerprint density at radius 2 is 2.58 bits per heavy atom. The molecule has 2 atom stereocenters. The van der Waals surface area contributed by atoms with Crippen molar-refractivity contribution in [3.8, 4) is 0 Å². The van der Waals surface area contributed by atoms with Gasteiger partial charge in [0.25, 0.3) is 0 Å². The minimum absolute atomic E-state index is 0.319. The van der Waals surface area contributed by atoms with Gasteiger partial charge in [-0.1, -0.05) is 0 Å². The number of nitrogens with one attached hydrogen (secondary N) is 1. The molecule has 2 heterocycles. The Hall–Kier alpha value is -0.830. The van der Waals surface area contributed by atoms with E-state index in [4.69, 9.17) is 0 Å². The first kappa shape index (κ1) is 7.80. The second kappa shape index (κ2) is 3.27. The van der Waals surface area contributed by atoms with Crippen LogP contribution in [0.5, 0.6) is 0 Å². The minimum Gasteiger partial charge on any atom is -0.348 e. The Morgan fingerprint density at radius 1 is 1.67 bits per heavy atom. The maximum Gasteiger partial charge on any atom is 0.170 e. The van der Waals surface area contributed by atoms with Crippen LogP contribution in [0.25, 0.3) is 0 Å². The van der Waals surface area contributed by atoms with Crippen LogP contribution in [0.15, 0.2) is 17.3 Å². The molecule has 1 fully saturated rings. The third kappa shape index (κ3) is 1.37. The molecule has 0 saturated carbocycles. The molecule has 0 bridgehead atoms. The average molecular weight is 164 g/mol. The van der Waals surface area contributed by atoms with Gasteiger partial charge in [-0.15, -0.1) is 0 Å². The second-order valence-corrected chi connectivity index (χ2v) is 3.40.